The Balaban J connectivity index is 3.83. The number of phosphoric acid groups is 1. The van der Waals surface area contributed by atoms with Crippen molar-refractivity contribution in [2.75, 3.05) is 26.4 Å². The summed E-state index contributed by atoms with van der Waals surface area (Å²) in [6.45, 7) is 3.66. The van der Waals surface area contributed by atoms with Gasteiger partial charge in [0, 0.05) is 19.4 Å². The number of rotatable bonds is 62. The highest BCUT2D eigenvalue weighted by molar-refractivity contribution is 7.47. The minimum atomic E-state index is -4.39. The monoisotopic (exact) mass is 1100 g/mol. The van der Waals surface area contributed by atoms with Crippen molar-refractivity contribution in [1.29, 1.82) is 0 Å². The van der Waals surface area contributed by atoms with Crippen LogP contribution in [0.4, 0.5) is 0 Å². The van der Waals surface area contributed by atoms with Gasteiger partial charge in [-0.15, -0.1) is 0 Å². The van der Waals surface area contributed by atoms with Crippen molar-refractivity contribution in [2.24, 2.45) is 5.73 Å². The third kappa shape index (κ3) is 62.8. The zero-order chi connectivity index (χ0) is 55.9. The molecule has 0 aromatic rings. The van der Waals surface area contributed by atoms with Crippen molar-refractivity contribution >= 4 is 19.8 Å². The third-order valence-corrected chi connectivity index (χ3v) is 15.4. The van der Waals surface area contributed by atoms with Gasteiger partial charge in [0.15, 0.2) is 6.10 Å². The molecule has 2 atom stereocenters. The van der Waals surface area contributed by atoms with Crippen molar-refractivity contribution in [3.8, 4) is 0 Å². The van der Waals surface area contributed by atoms with E-state index in [0.717, 1.165) is 70.6 Å². The Hall–Kier alpha value is -2.29. The van der Waals surface area contributed by atoms with E-state index in [9.17, 15) is 19.0 Å². The maximum absolute atomic E-state index is 12.7. The number of nitrogens with two attached hydrogens (primary N) is 1. The van der Waals surface area contributed by atoms with Crippen LogP contribution in [0.2, 0.25) is 0 Å². The normalized spacial score (nSPS) is 13.4. The first-order chi connectivity index (χ1) is 37.8. The fourth-order valence-electron chi connectivity index (χ4n) is 9.57. The first-order valence-electron chi connectivity index (χ1n) is 32.8. The summed E-state index contributed by atoms with van der Waals surface area (Å²) in [5.41, 5.74) is 5.39. The minimum absolute atomic E-state index is 0.0512. The molecule has 0 aromatic carbocycles. The van der Waals surface area contributed by atoms with E-state index in [-0.39, 0.29) is 38.6 Å². The fourth-order valence-corrected chi connectivity index (χ4v) is 10.3. The van der Waals surface area contributed by atoms with Crippen LogP contribution < -0.4 is 5.73 Å². The maximum atomic E-state index is 12.7. The number of phosphoric ester groups is 1. The lowest BCUT2D eigenvalue weighted by atomic mass is 10.0. The lowest BCUT2D eigenvalue weighted by molar-refractivity contribution is -0.161. The molecule has 0 fully saturated rings. The summed E-state index contributed by atoms with van der Waals surface area (Å²) in [5.74, 6) is -0.825. The molecule has 0 bridgehead atoms. The molecular formula is C67H124NO8P. The molecule has 0 amide bonds. The van der Waals surface area contributed by atoms with E-state index in [1.54, 1.807) is 0 Å². The summed E-state index contributed by atoms with van der Waals surface area (Å²) in [4.78, 5) is 35.3. The molecule has 3 N–H and O–H groups in total. The largest absolute Gasteiger partial charge is 0.472 e. The standard InChI is InChI=1S/C67H124NO8P/c1-3-5-7-9-11-13-15-17-19-21-23-25-26-27-28-29-30-31-32-33-34-35-36-37-38-40-41-43-45-47-49-51-53-55-57-59-66(69)73-63-65(64-75-77(71,72)74-62-61-68)76-67(70)60-58-56-54-52-50-48-46-44-42-39-24-22-20-18-16-14-12-10-8-6-4-2/h6,8,12,14,18,20-21,23-24,39,65H,3-5,7,9-11,13,15-17,19,22,25-38,40-64,68H2,1-2H3,(H,71,72)/b8-6-,14-12-,20-18-,23-21-,39-24-. The van der Waals surface area contributed by atoms with Crippen LogP contribution in [0.15, 0.2) is 60.8 Å². The van der Waals surface area contributed by atoms with Crippen LogP contribution in [0.3, 0.4) is 0 Å². The van der Waals surface area contributed by atoms with Crippen molar-refractivity contribution in [3.63, 3.8) is 0 Å². The summed E-state index contributed by atoms with van der Waals surface area (Å²) in [7, 11) is -4.39. The summed E-state index contributed by atoms with van der Waals surface area (Å²) in [6, 6.07) is 0. The van der Waals surface area contributed by atoms with Crippen molar-refractivity contribution in [2.45, 2.75) is 328 Å². The molecule has 0 saturated heterocycles. The minimum Gasteiger partial charge on any atom is -0.462 e. The number of carbonyl (C=O) groups is 2. The Kier molecular flexibility index (Phi) is 61.0. The molecule has 10 heteroatoms. The van der Waals surface area contributed by atoms with Crippen LogP contribution in [-0.2, 0) is 32.7 Å². The van der Waals surface area contributed by atoms with Gasteiger partial charge in [-0.05, 0) is 77.0 Å². The summed E-state index contributed by atoms with van der Waals surface area (Å²) in [6.07, 6.45) is 80.3. The molecule has 0 spiro atoms. The molecule has 450 valence electrons. The summed E-state index contributed by atoms with van der Waals surface area (Å²) in [5, 5.41) is 0. The van der Waals surface area contributed by atoms with E-state index >= 15 is 0 Å². The van der Waals surface area contributed by atoms with Crippen LogP contribution in [0, 0.1) is 0 Å². The molecule has 77 heavy (non-hydrogen) atoms. The fraction of sp³-hybridized carbons (Fsp3) is 0.821. The Morgan fingerprint density at radius 3 is 1.08 bits per heavy atom. The van der Waals surface area contributed by atoms with Crippen LogP contribution in [0.25, 0.3) is 0 Å². The molecule has 0 aromatic heterocycles. The molecule has 0 aliphatic carbocycles. The zero-order valence-electron chi connectivity index (χ0n) is 50.4. The third-order valence-electron chi connectivity index (χ3n) is 14.4. The molecule has 0 aliphatic rings. The van der Waals surface area contributed by atoms with Gasteiger partial charge in [-0.3, -0.25) is 18.6 Å². The first kappa shape index (κ1) is 74.7. The highest BCUT2D eigenvalue weighted by atomic mass is 31.2. The Labute approximate surface area is 476 Å². The molecule has 0 rings (SSSR count). The second-order valence-corrected chi connectivity index (χ2v) is 23.4. The number of hydrogen-bond acceptors (Lipinski definition) is 8. The topological polar surface area (TPSA) is 134 Å². The lowest BCUT2D eigenvalue weighted by Gasteiger charge is -2.19. The van der Waals surface area contributed by atoms with E-state index in [1.807, 2.05) is 0 Å². The maximum Gasteiger partial charge on any atom is 0.472 e. The Bertz CT molecular complexity index is 1440. The Morgan fingerprint density at radius 2 is 0.714 bits per heavy atom. The van der Waals surface area contributed by atoms with E-state index < -0.39 is 26.5 Å². The SMILES string of the molecule is CC/C=C\C/C=C\C/C=C\C/C=C\CCCCCCCCCCC(=O)OC(COC(=O)CCCCCCCCCCCCCCCCCCCCCCCCC/C=C\CCCCCCCCCC)COP(=O)(O)OCCN. The van der Waals surface area contributed by atoms with Crippen molar-refractivity contribution < 1.29 is 37.6 Å². The van der Waals surface area contributed by atoms with E-state index in [1.165, 1.54) is 218 Å². The van der Waals surface area contributed by atoms with Gasteiger partial charge in [0.05, 0.1) is 13.2 Å². The first-order valence-corrected chi connectivity index (χ1v) is 34.3. The highest BCUT2D eigenvalue weighted by Crippen LogP contribution is 2.43. The van der Waals surface area contributed by atoms with E-state index in [4.69, 9.17) is 24.3 Å². The quantitative estimate of drug-likeness (QED) is 0.0264. The predicted octanol–water partition coefficient (Wildman–Crippen LogP) is 21.1. The van der Waals surface area contributed by atoms with E-state index in [2.05, 4.69) is 74.6 Å². The number of unbranched alkanes of at least 4 members (excludes halogenated alkanes) is 39. The molecule has 9 nitrogen and oxygen atoms in total. The second-order valence-electron chi connectivity index (χ2n) is 22.0. The van der Waals surface area contributed by atoms with Gasteiger partial charge in [0.1, 0.15) is 6.61 Å². The van der Waals surface area contributed by atoms with Crippen LogP contribution in [0.5, 0.6) is 0 Å². The van der Waals surface area contributed by atoms with Gasteiger partial charge >= 0.3 is 19.8 Å². The smallest absolute Gasteiger partial charge is 0.462 e. The van der Waals surface area contributed by atoms with Gasteiger partial charge in [0.2, 0.25) is 0 Å². The number of hydrogen-bond donors (Lipinski definition) is 2. The van der Waals surface area contributed by atoms with Crippen molar-refractivity contribution in [3.05, 3.63) is 60.8 Å². The van der Waals surface area contributed by atoms with Crippen LogP contribution in [0.1, 0.15) is 322 Å². The highest BCUT2D eigenvalue weighted by Gasteiger charge is 2.26. The summed E-state index contributed by atoms with van der Waals surface area (Å²) < 4.78 is 33.1. The van der Waals surface area contributed by atoms with Gasteiger partial charge in [-0.25, -0.2) is 4.57 Å². The average molecular weight is 1100 g/mol. The number of allylic oxidation sites excluding steroid dienone is 10. The molecule has 2 unspecified atom stereocenters. The molecular weight excluding hydrogens is 978 g/mol. The van der Waals surface area contributed by atoms with Gasteiger partial charge in [-0.1, -0.05) is 293 Å². The number of esters is 2. The van der Waals surface area contributed by atoms with Crippen LogP contribution in [-0.4, -0.2) is 49.3 Å². The van der Waals surface area contributed by atoms with Crippen LogP contribution >= 0.6 is 7.82 Å². The van der Waals surface area contributed by atoms with Gasteiger partial charge < -0.3 is 20.1 Å². The van der Waals surface area contributed by atoms with Gasteiger partial charge in [0.25, 0.3) is 0 Å². The number of ether oxygens (including phenoxy) is 2. The molecule has 0 saturated carbocycles. The zero-order valence-corrected chi connectivity index (χ0v) is 51.3. The summed E-state index contributed by atoms with van der Waals surface area (Å²) >= 11 is 0. The predicted molar refractivity (Wildman–Crippen MR) is 330 cm³/mol. The number of carbonyl (C=O) groups excluding carboxylic acids is 2. The second kappa shape index (κ2) is 62.9. The Morgan fingerprint density at radius 1 is 0.403 bits per heavy atom. The molecule has 0 radical (unpaired) electrons. The van der Waals surface area contributed by atoms with Crippen molar-refractivity contribution in [1.82, 2.24) is 0 Å². The molecule has 0 heterocycles. The van der Waals surface area contributed by atoms with E-state index in [0.29, 0.717) is 6.42 Å². The lowest BCUT2D eigenvalue weighted by Crippen LogP contribution is -2.29. The molecule has 0 aliphatic heterocycles. The van der Waals surface area contributed by atoms with Gasteiger partial charge in [-0.2, -0.15) is 0 Å². The average Bonchev–Trinajstić information content (AvgIpc) is 3.42.